The van der Waals surface area contributed by atoms with Crippen LogP contribution in [0, 0.1) is 5.92 Å². The Morgan fingerprint density at radius 2 is 2.14 bits per heavy atom. The Morgan fingerprint density at radius 1 is 1.50 bits per heavy atom. The van der Waals surface area contributed by atoms with Crippen molar-refractivity contribution in [1.29, 1.82) is 0 Å². The molecule has 1 aliphatic rings. The lowest BCUT2D eigenvalue weighted by atomic mass is 10.1. The molecule has 22 heavy (non-hydrogen) atoms. The van der Waals surface area contributed by atoms with Crippen LogP contribution in [0.25, 0.3) is 0 Å². The monoisotopic (exact) mass is 319 g/mol. The van der Waals surface area contributed by atoms with E-state index in [2.05, 4.69) is 5.10 Å². The van der Waals surface area contributed by atoms with Crippen LogP contribution < -0.4 is 0 Å². The van der Waals surface area contributed by atoms with Gasteiger partial charge in [0.05, 0.1) is 5.92 Å². The lowest BCUT2D eigenvalue weighted by molar-refractivity contribution is -0.144. The Bertz CT molecular complexity index is 566. The number of aromatic nitrogens is 2. The van der Waals surface area contributed by atoms with Gasteiger partial charge in [0.2, 0.25) is 5.91 Å². The lowest BCUT2D eigenvalue weighted by Gasteiger charge is -2.24. The van der Waals surface area contributed by atoms with E-state index in [1.165, 1.54) is 11.8 Å². The first kappa shape index (κ1) is 16.3. The number of rotatable bonds is 6. The number of amides is 1. The summed E-state index contributed by atoms with van der Waals surface area (Å²) in [4.78, 5) is 24.5. The summed E-state index contributed by atoms with van der Waals surface area (Å²) in [7, 11) is 0. The molecule has 1 atom stereocenters. The number of nitrogens with zero attached hydrogens (tertiary/aromatic N) is 3. The zero-order chi connectivity index (χ0) is 16.5. The summed E-state index contributed by atoms with van der Waals surface area (Å²) < 4.78 is 38.3. The van der Waals surface area contributed by atoms with E-state index in [1.54, 1.807) is 0 Å². The third kappa shape index (κ3) is 3.99. The van der Waals surface area contributed by atoms with Crippen molar-refractivity contribution in [3.8, 4) is 0 Å². The molecule has 1 saturated carbocycles. The van der Waals surface area contributed by atoms with Gasteiger partial charge in [0.15, 0.2) is 5.69 Å². The van der Waals surface area contributed by atoms with Crippen LogP contribution >= 0.6 is 0 Å². The highest BCUT2D eigenvalue weighted by Crippen LogP contribution is 2.29. The van der Waals surface area contributed by atoms with Crippen LogP contribution in [0.15, 0.2) is 12.3 Å². The molecule has 0 spiro atoms. The third-order valence-electron chi connectivity index (χ3n) is 3.43. The van der Waals surface area contributed by atoms with Crippen molar-refractivity contribution in [2.24, 2.45) is 5.92 Å². The Balaban J connectivity index is 2.02. The van der Waals surface area contributed by atoms with Gasteiger partial charge in [-0.25, -0.2) is 0 Å². The number of carboxylic acid groups (broad SMARTS) is 1. The van der Waals surface area contributed by atoms with E-state index in [0.29, 0.717) is 0 Å². The Kier molecular flexibility index (Phi) is 4.43. The van der Waals surface area contributed by atoms with Gasteiger partial charge >= 0.3 is 12.1 Å². The number of carbonyl (C=O) groups excluding carboxylic acids is 1. The van der Waals surface area contributed by atoms with Crippen LogP contribution in [0.2, 0.25) is 0 Å². The SMILES string of the molecule is CC(CN(C(=O)Cn1ccc(C(F)(F)F)n1)C1CC1)C(=O)O. The average Bonchev–Trinajstić information content (AvgIpc) is 3.12. The molecule has 1 aliphatic carbocycles. The molecule has 0 saturated heterocycles. The fourth-order valence-electron chi connectivity index (χ4n) is 2.04. The summed E-state index contributed by atoms with van der Waals surface area (Å²) in [6, 6.07) is 0.779. The molecular weight excluding hydrogens is 303 g/mol. The van der Waals surface area contributed by atoms with E-state index in [4.69, 9.17) is 5.11 Å². The number of carbonyl (C=O) groups is 2. The molecule has 2 rings (SSSR count). The maximum atomic E-state index is 12.5. The molecule has 1 heterocycles. The van der Waals surface area contributed by atoms with Gasteiger partial charge in [-0.3, -0.25) is 14.3 Å². The minimum absolute atomic E-state index is 0.0213. The molecular formula is C13H16F3N3O3. The first-order valence-corrected chi connectivity index (χ1v) is 6.81. The first-order valence-electron chi connectivity index (χ1n) is 6.81. The summed E-state index contributed by atoms with van der Waals surface area (Å²) in [6.07, 6.45) is -1.90. The van der Waals surface area contributed by atoms with Gasteiger partial charge in [-0.1, -0.05) is 6.92 Å². The quantitative estimate of drug-likeness (QED) is 0.864. The minimum atomic E-state index is -4.55. The van der Waals surface area contributed by atoms with Crippen LogP contribution in [0.1, 0.15) is 25.5 Å². The molecule has 1 unspecified atom stereocenters. The summed E-state index contributed by atoms with van der Waals surface area (Å²) in [5, 5.41) is 12.2. The molecule has 1 amide bonds. The van der Waals surface area contributed by atoms with Crippen molar-refractivity contribution in [2.45, 2.75) is 38.5 Å². The van der Waals surface area contributed by atoms with E-state index < -0.39 is 29.7 Å². The van der Waals surface area contributed by atoms with Crippen molar-refractivity contribution >= 4 is 11.9 Å². The van der Waals surface area contributed by atoms with Gasteiger partial charge < -0.3 is 10.0 Å². The number of aliphatic carboxylic acids is 1. The number of alkyl halides is 3. The summed E-state index contributed by atoms with van der Waals surface area (Å²) in [5.74, 6) is -2.17. The highest BCUT2D eigenvalue weighted by atomic mass is 19.4. The maximum absolute atomic E-state index is 12.5. The highest BCUT2D eigenvalue weighted by molar-refractivity contribution is 5.78. The average molecular weight is 319 g/mol. The molecule has 1 N–H and O–H groups in total. The van der Waals surface area contributed by atoms with Gasteiger partial charge in [-0.15, -0.1) is 0 Å². The number of halogens is 3. The number of hydrogen-bond acceptors (Lipinski definition) is 3. The van der Waals surface area contributed by atoms with E-state index in [0.717, 1.165) is 29.8 Å². The standard InChI is InChI=1S/C13H16F3N3O3/c1-8(12(21)22)6-19(9-2-3-9)11(20)7-18-5-4-10(17-18)13(14,15)16/h4-5,8-9H,2-3,6-7H2,1H3,(H,21,22). The molecule has 0 aliphatic heterocycles. The molecule has 0 aromatic carbocycles. The van der Waals surface area contributed by atoms with Crippen LogP contribution in [0.4, 0.5) is 13.2 Å². The van der Waals surface area contributed by atoms with Crippen molar-refractivity contribution in [1.82, 2.24) is 14.7 Å². The lowest BCUT2D eigenvalue weighted by Crippen LogP contribution is -2.40. The maximum Gasteiger partial charge on any atom is 0.435 e. The summed E-state index contributed by atoms with van der Waals surface area (Å²) in [5.41, 5.74) is -1.06. The molecule has 122 valence electrons. The fraction of sp³-hybridized carbons (Fsp3) is 0.615. The molecule has 9 heteroatoms. The minimum Gasteiger partial charge on any atom is -0.481 e. The largest absolute Gasteiger partial charge is 0.481 e. The van der Waals surface area contributed by atoms with Gasteiger partial charge in [0.1, 0.15) is 6.54 Å². The van der Waals surface area contributed by atoms with Crippen molar-refractivity contribution in [2.75, 3.05) is 6.54 Å². The predicted octanol–water partition coefficient (Wildman–Crippen LogP) is 1.61. The van der Waals surface area contributed by atoms with E-state index >= 15 is 0 Å². The zero-order valence-corrected chi connectivity index (χ0v) is 11.9. The second-order valence-corrected chi connectivity index (χ2v) is 5.41. The van der Waals surface area contributed by atoms with Gasteiger partial charge in [0, 0.05) is 18.8 Å². The molecule has 0 bridgehead atoms. The Labute approximate surface area is 124 Å². The number of carboxylic acids is 1. The zero-order valence-electron chi connectivity index (χ0n) is 11.9. The smallest absolute Gasteiger partial charge is 0.435 e. The van der Waals surface area contributed by atoms with E-state index in [1.807, 2.05) is 0 Å². The molecule has 6 nitrogen and oxygen atoms in total. The first-order chi connectivity index (χ1) is 10.2. The van der Waals surface area contributed by atoms with Crippen LogP contribution in [0.3, 0.4) is 0 Å². The van der Waals surface area contributed by atoms with Crippen molar-refractivity contribution < 1.29 is 27.9 Å². The van der Waals surface area contributed by atoms with Crippen molar-refractivity contribution in [3.63, 3.8) is 0 Å². The van der Waals surface area contributed by atoms with Gasteiger partial charge in [-0.05, 0) is 18.9 Å². The second kappa shape index (κ2) is 5.98. The molecule has 1 fully saturated rings. The van der Waals surface area contributed by atoms with Crippen LogP contribution in [-0.2, 0) is 22.3 Å². The predicted molar refractivity (Wildman–Crippen MR) is 68.8 cm³/mol. The fourth-order valence-corrected chi connectivity index (χ4v) is 2.04. The van der Waals surface area contributed by atoms with Crippen LogP contribution in [0.5, 0.6) is 0 Å². The molecule has 0 radical (unpaired) electrons. The van der Waals surface area contributed by atoms with E-state index in [-0.39, 0.29) is 19.1 Å². The third-order valence-corrected chi connectivity index (χ3v) is 3.43. The normalized spacial score (nSPS) is 16.4. The van der Waals surface area contributed by atoms with E-state index in [9.17, 15) is 22.8 Å². The topological polar surface area (TPSA) is 75.4 Å². The van der Waals surface area contributed by atoms with Gasteiger partial charge in [-0.2, -0.15) is 18.3 Å². The molecule has 1 aromatic heterocycles. The Morgan fingerprint density at radius 3 is 2.59 bits per heavy atom. The summed E-state index contributed by atoms with van der Waals surface area (Å²) in [6.45, 7) is 1.20. The van der Waals surface area contributed by atoms with Gasteiger partial charge in [0.25, 0.3) is 0 Å². The second-order valence-electron chi connectivity index (χ2n) is 5.41. The summed E-state index contributed by atoms with van der Waals surface area (Å²) >= 11 is 0. The van der Waals surface area contributed by atoms with Crippen molar-refractivity contribution in [3.05, 3.63) is 18.0 Å². The number of hydrogen-bond donors (Lipinski definition) is 1. The molecule has 1 aromatic rings. The van der Waals surface area contributed by atoms with Crippen LogP contribution in [-0.4, -0.2) is 44.3 Å². The highest BCUT2D eigenvalue weighted by Gasteiger charge is 2.36. The Hall–Kier alpha value is -2.06.